The molecule has 0 aliphatic heterocycles. The van der Waals surface area contributed by atoms with Gasteiger partial charge in [-0.05, 0) is 60.5 Å². The Morgan fingerprint density at radius 2 is 1.13 bits per heavy atom. The van der Waals surface area contributed by atoms with Crippen LogP contribution in [0.4, 0.5) is 0 Å². The van der Waals surface area contributed by atoms with Gasteiger partial charge < -0.3 is 31.9 Å². The third kappa shape index (κ3) is 93.0. The number of aryl methyl sites for hydroxylation is 2. The third-order valence-corrected chi connectivity index (χ3v) is 4.57. The molecule has 0 atom stereocenters. The van der Waals surface area contributed by atoms with Gasteiger partial charge in [0.25, 0.3) is 0 Å². The molecule has 1 saturated carbocycles. The highest BCUT2D eigenvalue weighted by atomic mass is 32.1. The first-order valence-electron chi connectivity index (χ1n) is 16.2. The van der Waals surface area contributed by atoms with Crippen LogP contribution in [0.1, 0.15) is 93.6 Å². The Labute approximate surface area is 321 Å². The van der Waals surface area contributed by atoms with Crippen LogP contribution in [0.3, 0.4) is 0 Å². The zero-order valence-electron chi connectivity index (χ0n) is 34.8. The minimum atomic E-state index is -0.183. The van der Waals surface area contributed by atoms with E-state index in [0.717, 1.165) is 16.5 Å². The number of hydrogen-bond acceptors (Lipinski definition) is 11. The van der Waals surface area contributed by atoms with Crippen molar-refractivity contribution in [1.82, 2.24) is 62.8 Å². The Morgan fingerprint density at radius 3 is 1.19 bits per heavy atom. The van der Waals surface area contributed by atoms with Gasteiger partial charge in [-0.15, -0.1) is 0 Å². The maximum atomic E-state index is 10.3. The van der Waals surface area contributed by atoms with Crippen molar-refractivity contribution < 1.29 is 33.6 Å². The Bertz CT molecular complexity index is 1110. The summed E-state index contributed by atoms with van der Waals surface area (Å²) in [6.45, 7) is 20.4. The zero-order valence-corrected chi connectivity index (χ0v) is 35.6. The van der Waals surface area contributed by atoms with Crippen molar-refractivity contribution in [3.05, 3.63) is 30.1 Å². The average molecular weight is 777 g/mol. The molecule has 2 aromatic heterocycles. The SMILES string of the molecule is CC(=O)NC(C)(C)C.CC(=O)NC1CC1.CNC(C)=O.CNC(C)=O.CNC(C)=O.CNC(C)=S.CONC(C)=O.Cc1ccn[nH]1.Cc1ncn[nH]1. The lowest BCUT2D eigenvalue weighted by atomic mass is 10.1. The van der Waals surface area contributed by atoms with Crippen LogP contribution in [0.2, 0.25) is 0 Å². The second-order valence-corrected chi connectivity index (χ2v) is 11.9. The molecule has 6 amide bonds. The van der Waals surface area contributed by atoms with E-state index in [2.05, 4.69) is 79.8 Å². The molecule has 0 unspecified atom stereocenters. The number of rotatable bonds is 2. The summed E-state index contributed by atoms with van der Waals surface area (Å²) in [5.74, 6) is 0.813. The molecule has 0 bridgehead atoms. The second kappa shape index (κ2) is 41.4. The van der Waals surface area contributed by atoms with Crippen LogP contribution in [-0.2, 0) is 33.6 Å². The number of thiocarbonyl (C=S) groups is 1. The Morgan fingerprint density at radius 1 is 0.717 bits per heavy atom. The monoisotopic (exact) mass is 777 g/mol. The van der Waals surface area contributed by atoms with E-state index < -0.39 is 0 Å². The number of H-pyrrole nitrogens is 2. The normalized spacial score (nSPS) is 9.60. The fourth-order valence-electron chi connectivity index (χ4n) is 1.78. The summed E-state index contributed by atoms with van der Waals surface area (Å²) < 4.78 is 0. The summed E-state index contributed by atoms with van der Waals surface area (Å²) in [6, 6.07) is 2.44. The number of hydroxylamine groups is 1. The highest BCUT2D eigenvalue weighted by Crippen LogP contribution is 2.17. The van der Waals surface area contributed by atoms with Crippen molar-refractivity contribution in [1.29, 1.82) is 0 Å². The van der Waals surface area contributed by atoms with Crippen LogP contribution < -0.4 is 37.4 Å². The van der Waals surface area contributed by atoms with E-state index in [1.165, 1.54) is 60.9 Å². The van der Waals surface area contributed by atoms with Crippen LogP contribution in [0.5, 0.6) is 0 Å². The van der Waals surface area contributed by atoms with Gasteiger partial charge in [0.2, 0.25) is 35.4 Å². The van der Waals surface area contributed by atoms with Gasteiger partial charge in [0.1, 0.15) is 12.2 Å². The first-order chi connectivity index (χ1) is 24.3. The molecule has 20 heteroatoms. The van der Waals surface area contributed by atoms with E-state index in [1.54, 1.807) is 34.3 Å². The van der Waals surface area contributed by atoms with Gasteiger partial charge in [-0.3, -0.25) is 43.8 Å². The van der Waals surface area contributed by atoms with Gasteiger partial charge in [0.15, 0.2) is 0 Å². The Kier molecular flexibility index (Phi) is 47.0. The van der Waals surface area contributed by atoms with E-state index >= 15 is 0 Å². The molecule has 53 heavy (non-hydrogen) atoms. The number of aromatic amines is 2. The number of amides is 6. The number of carbonyl (C=O) groups excluding carboxylic acids is 6. The van der Waals surface area contributed by atoms with Crippen LogP contribution in [0.15, 0.2) is 18.6 Å². The smallest absolute Gasteiger partial charge is 0.240 e. The molecule has 0 spiro atoms. The number of nitrogens with one attached hydrogen (secondary N) is 9. The predicted molar refractivity (Wildman–Crippen MR) is 212 cm³/mol. The van der Waals surface area contributed by atoms with Crippen LogP contribution in [0, 0.1) is 13.8 Å². The Hall–Kier alpha value is -4.98. The average Bonchev–Trinajstić information content (AvgIpc) is 3.47. The van der Waals surface area contributed by atoms with E-state index in [1.807, 2.05) is 54.7 Å². The largest absolute Gasteiger partial charge is 0.383 e. The van der Waals surface area contributed by atoms with Crippen molar-refractivity contribution in [3.8, 4) is 0 Å². The van der Waals surface area contributed by atoms with E-state index in [0.29, 0.717) is 6.04 Å². The Balaban J connectivity index is -0.000000118. The molecule has 9 N–H and O–H groups in total. The number of aromatic nitrogens is 5. The van der Waals surface area contributed by atoms with Crippen molar-refractivity contribution in [2.24, 2.45) is 0 Å². The first kappa shape index (κ1) is 60.1. The fraction of sp³-hybridized carbons (Fsp3) is 0.636. The van der Waals surface area contributed by atoms with Crippen molar-refractivity contribution in [3.63, 3.8) is 0 Å². The maximum absolute atomic E-state index is 10.3. The summed E-state index contributed by atoms with van der Waals surface area (Å²) in [4.78, 5) is 68.2. The lowest BCUT2D eigenvalue weighted by molar-refractivity contribution is -0.129. The van der Waals surface area contributed by atoms with Gasteiger partial charge in [-0.2, -0.15) is 10.2 Å². The molecule has 0 aromatic carbocycles. The molecule has 308 valence electrons. The molecule has 1 fully saturated rings. The van der Waals surface area contributed by atoms with Crippen LogP contribution in [0.25, 0.3) is 0 Å². The molecule has 1 aliphatic rings. The molecular formula is C33H68N12O7S. The summed E-state index contributed by atoms with van der Waals surface area (Å²) in [6.07, 6.45) is 5.57. The molecule has 0 saturated heterocycles. The molecule has 2 aromatic rings. The van der Waals surface area contributed by atoms with E-state index in [4.69, 9.17) is 0 Å². The molecule has 1 aliphatic carbocycles. The maximum Gasteiger partial charge on any atom is 0.240 e. The minimum Gasteiger partial charge on any atom is -0.383 e. The summed E-state index contributed by atoms with van der Waals surface area (Å²) >= 11 is 4.59. The van der Waals surface area contributed by atoms with Gasteiger partial charge >= 0.3 is 0 Å². The van der Waals surface area contributed by atoms with E-state index in [-0.39, 0.29) is 41.0 Å². The lowest BCUT2D eigenvalue weighted by Gasteiger charge is -2.18. The quantitative estimate of drug-likeness (QED) is 0.155. The topological polar surface area (TPSA) is 266 Å². The van der Waals surface area contributed by atoms with Crippen LogP contribution in [-0.4, -0.2) is 113 Å². The van der Waals surface area contributed by atoms with Crippen LogP contribution >= 0.6 is 12.2 Å². The highest BCUT2D eigenvalue weighted by Gasteiger charge is 2.21. The standard InChI is InChI=1S/C6H13NO.C5H9NO.C4H6N2.C3H5N3.C3H7NO2.3C3H7NO.C3H7NS/c1-5(8)7-6(2,3)4;1-4(7)6-5-2-3-5;1-4-2-3-5-6-4;1-3-4-2-5-6-3;1-3(5)4-6-2;4*1-3(5)4-2/h1-4H3,(H,7,8);5H,2-3H2,1H3,(H,6,7);2-3H,1H3,(H,5,6);2H,1H3,(H,4,5,6);1-2H3,(H,4,5);4*1-2H3,(H,4,5). The summed E-state index contributed by atoms with van der Waals surface area (Å²) in [5.41, 5.74) is 3.10. The number of nitrogens with zero attached hydrogens (tertiary/aromatic N) is 3. The predicted octanol–water partition coefficient (Wildman–Crippen LogP) is 1.53. The van der Waals surface area contributed by atoms with Crippen molar-refractivity contribution >= 4 is 52.6 Å². The summed E-state index contributed by atoms with van der Waals surface area (Å²) in [5, 5.41) is 28.1. The molecule has 2 heterocycles. The molecule has 0 radical (unpaired) electrons. The molecule has 19 nitrogen and oxygen atoms in total. The van der Waals surface area contributed by atoms with Gasteiger partial charge in [0, 0.05) is 93.2 Å². The summed E-state index contributed by atoms with van der Waals surface area (Å²) in [7, 11) is 8.00. The van der Waals surface area contributed by atoms with Gasteiger partial charge in [0.05, 0.1) is 12.1 Å². The fourth-order valence-corrected chi connectivity index (χ4v) is 1.78. The highest BCUT2D eigenvalue weighted by molar-refractivity contribution is 7.80. The zero-order chi connectivity index (χ0) is 43.0. The minimum absolute atomic E-state index is 0.00463. The van der Waals surface area contributed by atoms with E-state index in [9.17, 15) is 28.8 Å². The number of hydrogen-bond donors (Lipinski definition) is 9. The first-order valence-corrected chi connectivity index (χ1v) is 16.6. The molecule has 3 rings (SSSR count). The van der Waals surface area contributed by atoms with Gasteiger partial charge in [-0.1, -0.05) is 12.2 Å². The molecular weight excluding hydrogens is 709 g/mol. The second-order valence-electron chi connectivity index (χ2n) is 11.3. The third-order valence-electron chi connectivity index (χ3n) is 4.37. The van der Waals surface area contributed by atoms with Gasteiger partial charge in [-0.25, -0.2) is 10.5 Å². The van der Waals surface area contributed by atoms with Crippen molar-refractivity contribution in [2.75, 3.05) is 35.3 Å². The lowest BCUT2D eigenvalue weighted by Crippen LogP contribution is -2.38. The van der Waals surface area contributed by atoms with Crippen molar-refractivity contribution in [2.45, 2.75) is 108 Å². The number of carbonyl (C=O) groups is 6.